The summed E-state index contributed by atoms with van der Waals surface area (Å²) < 4.78 is 24.6. The zero-order valence-electron chi connectivity index (χ0n) is 17.6. The summed E-state index contributed by atoms with van der Waals surface area (Å²) in [6.45, 7) is 4.71. The fraction of sp³-hybridized carbons (Fsp3) is 0.375. The second kappa shape index (κ2) is 9.60. The molecule has 6 nitrogen and oxygen atoms in total. The zero-order valence-corrected chi connectivity index (χ0v) is 17.6. The molecule has 2 heterocycles. The number of β-amino-alcohol motifs (C(OH)–C–C–N with tert-alkyl or cyclic N) is 1. The molecule has 1 fully saturated rings. The van der Waals surface area contributed by atoms with Crippen molar-refractivity contribution in [1.29, 1.82) is 0 Å². The maximum Gasteiger partial charge on any atom is 0.200 e. The molecule has 0 saturated carbocycles. The molecule has 0 amide bonds. The Morgan fingerprint density at radius 3 is 2.74 bits per heavy atom. The van der Waals surface area contributed by atoms with E-state index in [1.165, 1.54) is 18.4 Å². The van der Waals surface area contributed by atoms with Crippen molar-refractivity contribution in [2.75, 3.05) is 46.4 Å². The second-order valence-corrected chi connectivity index (χ2v) is 8.07. The molecular weight excluding hydrogens is 399 g/mol. The molecule has 164 valence electrons. The fourth-order valence-corrected chi connectivity index (χ4v) is 3.85. The van der Waals surface area contributed by atoms with Gasteiger partial charge in [0, 0.05) is 25.7 Å². The van der Waals surface area contributed by atoms with Crippen LogP contribution in [0.3, 0.4) is 0 Å². The molecule has 1 aliphatic rings. The topological polar surface area (TPSA) is 66.2 Å². The Bertz CT molecular complexity index is 1080. The second-order valence-electron chi connectivity index (χ2n) is 8.07. The van der Waals surface area contributed by atoms with Gasteiger partial charge in [0.2, 0.25) is 0 Å². The molecule has 0 radical (unpaired) electrons. The Balaban J connectivity index is 1.41. The van der Waals surface area contributed by atoms with Crippen LogP contribution < -0.4 is 10.2 Å². The first-order valence-electron chi connectivity index (χ1n) is 10.5. The number of fused-ring (bicyclic) bond motifs is 1. The molecule has 0 spiro atoms. The normalized spacial score (nSPS) is 16.9. The number of hydrogen-bond acceptors (Lipinski definition) is 6. The van der Waals surface area contributed by atoms with Gasteiger partial charge in [-0.15, -0.1) is 0 Å². The van der Waals surface area contributed by atoms with E-state index in [4.69, 9.17) is 9.15 Å². The standard InChI is InChI=1S/C24H27FN2O4/c1-26-9-2-10-27(12-11-26)14-19(28)15-30-20-7-8-21-23(13-20)31-16-22(24(21)29)17-3-5-18(25)6-4-17/h3-8,13,16,19,28H,2,9-12,14-15H2,1H3/t19-/m1/s1. The number of nitrogens with zero attached hydrogens (tertiary/aromatic N) is 2. The highest BCUT2D eigenvalue weighted by molar-refractivity contribution is 5.82. The average Bonchev–Trinajstić information content (AvgIpc) is 2.97. The predicted molar refractivity (Wildman–Crippen MR) is 118 cm³/mol. The molecule has 4 rings (SSSR count). The molecule has 1 saturated heterocycles. The van der Waals surface area contributed by atoms with Crippen LogP contribution in [0, 0.1) is 5.82 Å². The van der Waals surface area contributed by atoms with Gasteiger partial charge in [-0.3, -0.25) is 9.69 Å². The first-order chi connectivity index (χ1) is 15.0. The molecule has 3 aromatic rings. The quantitative estimate of drug-likeness (QED) is 0.654. The molecule has 31 heavy (non-hydrogen) atoms. The van der Waals surface area contributed by atoms with E-state index in [2.05, 4.69) is 16.8 Å². The van der Waals surface area contributed by atoms with Gasteiger partial charge < -0.3 is 19.2 Å². The summed E-state index contributed by atoms with van der Waals surface area (Å²) in [5.41, 5.74) is 1.18. The third-order valence-corrected chi connectivity index (χ3v) is 5.62. The molecule has 7 heteroatoms. The number of aliphatic hydroxyl groups excluding tert-OH is 1. The minimum atomic E-state index is -0.605. The van der Waals surface area contributed by atoms with Crippen LogP contribution in [-0.2, 0) is 0 Å². The van der Waals surface area contributed by atoms with Gasteiger partial charge in [0.1, 0.15) is 36.1 Å². The molecule has 1 N–H and O–H groups in total. The maximum atomic E-state index is 13.2. The van der Waals surface area contributed by atoms with Crippen LogP contribution >= 0.6 is 0 Å². The first-order valence-corrected chi connectivity index (χ1v) is 10.5. The fourth-order valence-electron chi connectivity index (χ4n) is 3.85. The van der Waals surface area contributed by atoms with Gasteiger partial charge in [0.05, 0.1) is 10.9 Å². The van der Waals surface area contributed by atoms with Crippen molar-refractivity contribution < 1.29 is 18.7 Å². The van der Waals surface area contributed by atoms with Gasteiger partial charge in [-0.25, -0.2) is 4.39 Å². The third kappa shape index (κ3) is 5.31. The van der Waals surface area contributed by atoms with Crippen LogP contribution in [0.2, 0.25) is 0 Å². The van der Waals surface area contributed by atoms with Crippen LogP contribution in [0.1, 0.15) is 6.42 Å². The third-order valence-electron chi connectivity index (χ3n) is 5.62. The van der Waals surface area contributed by atoms with Crippen molar-refractivity contribution in [3.8, 4) is 16.9 Å². The van der Waals surface area contributed by atoms with Crippen LogP contribution in [0.4, 0.5) is 4.39 Å². The number of ether oxygens (including phenoxy) is 1. The highest BCUT2D eigenvalue weighted by atomic mass is 19.1. The van der Waals surface area contributed by atoms with Crippen LogP contribution in [0.15, 0.2) is 57.9 Å². The number of benzene rings is 2. The lowest BCUT2D eigenvalue weighted by molar-refractivity contribution is 0.0696. The summed E-state index contributed by atoms with van der Waals surface area (Å²) in [6.07, 6.45) is 1.87. The van der Waals surface area contributed by atoms with Crippen molar-refractivity contribution in [2.24, 2.45) is 0 Å². The largest absolute Gasteiger partial charge is 0.491 e. The molecule has 1 aliphatic heterocycles. The minimum Gasteiger partial charge on any atom is -0.491 e. The molecule has 2 aromatic carbocycles. The summed E-state index contributed by atoms with van der Waals surface area (Å²) in [5, 5.41) is 10.8. The van der Waals surface area contributed by atoms with Crippen molar-refractivity contribution in [3.63, 3.8) is 0 Å². The smallest absolute Gasteiger partial charge is 0.200 e. The molecular formula is C24H27FN2O4. The summed E-state index contributed by atoms with van der Waals surface area (Å²) in [4.78, 5) is 17.4. The molecule has 1 atom stereocenters. The van der Waals surface area contributed by atoms with Gasteiger partial charge in [0.25, 0.3) is 0 Å². The van der Waals surface area contributed by atoms with Crippen LogP contribution in [0.25, 0.3) is 22.1 Å². The van der Waals surface area contributed by atoms with Gasteiger partial charge in [0.15, 0.2) is 5.43 Å². The molecule has 0 bridgehead atoms. The molecule has 0 unspecified atom stereocenters. The van der Waals surface area contributed by atoms with E-state index in [1.54, 1.807) is 30.3 Å². The lowest BCUT2D eigenvalue weighted by Gasteiger charge is -2.23. The van der Waals surface area contributed by atoms with Crippen LogP contribution in [0.5, 0.6) is 5.75 Å². The summed E-state index contributed by atoms with van der Waals surface area (Å²) in [7, 11) is 2.11. The van der Waals surface area contributed by atoms with Crippen molar-refractivity contribution in [2.45, 2.75) is 12.5 Å². The van der Waals surface area contributed by atoms with Crippen molar-refractivity contribution >= 4 is 11.0 Å². The molecule has 0 aliphatic carbocycles. The summed E-state index contributed by atoms with van der Waals surface area (Å²) in [6, 6.07) is 10.7. The molecule has 1 aromatic heterocycles. The summed E-state index contributed by atoms with van der Waals surface area (Å²) >= 11 is 0. The Labute approximate surface area is 180 Å². The SMILES string of the molecule is CN1CCCN(C[C@@H](O)COc2ccc3c(=O)c(-c4ccc(F)cc4)coc3c2)CC1. The Hall–Kier alpha value is -2.74. The predicted octanol–water partition coefficient (Wildman–Crippen LogP) is 2.98. The van der Waals surface area contributed by atoms with Crippen molar-refractivity contribution in [1.82, 2.24) is 9.80 Å². The number of hydrogen-bond donors (Lipinski definition) is 1. The van der Waals surface area contributed by atoms with Crippen LogP contribution in [-0.4, -0.2) is 67.4 Å². The number of rotatable bonds is 6. The number of halogens is 1. The average molecular weight is 426 g/mol. The van der Waals surface area contributed by atoms with Gasteiger partial charge in [-0.1, -0.05) is 12.1 Å². The maximum absolute atomic E-state index is 13.2. The minimum absolute atomic E-state index is 0.162. The highest BCUT2D eigenvalue weighted by Gasteiger charge is 2.16. The monoisotopic (exact) mass is 426 g/mol. The van der Waals surface area contributed by atoms with E-state index in [0.717, 1.165) is 32.6 Å². The van der Waals surface area contributed by atoms with Gasteiger partial charge in [-0.05, 0) is 56.4 Å². The lowest BCUT2D eigenvalue weighted by atomic mass is 10.1. The first kappa shape index (κ1) is 21.5. The Kier molecular flexibility index (Phi) is 6.65. The Morgan fingerprint density at radius 1 is 1.13 bits per heavy atom. The van der Waals surface area contributed by atoms with Gasteiger partial charge in [-0.2, -0.15) is 0 Å². The van der Waals surface area contributed by atoms with E-state index < -0.39 is 6.10 Å². The Morgan fingerprint density at radius 2 is 1.94 bits per heavy atom. The van der Waals surface area contributed by atoms with E-state index in [-0.39, 0.29) is 17.9 Å². The van der Waals surface area contributed by atoms with E-state index in [0.29, 0.717) is 34.4 Å². The van der Waals surface area contributed by atoms with E-state index in [1.807, 2.05) is 0 Å². The number of likely N-dealkylation sites (N-methyl/N-ethyl adjacent to an activating group) is 1. The lowest BCUT2D eigenvalue weighted by Crippen LogP contribution is -2.37. The number of aliphatic hydroxyl groups is 1. The summed E-state index contributed by atoms with van der Waals surface area (Å²) in [5.74, 6) is 0.168. The van der Waals surface area contributed by atoms with E-state index in [9.17, 15) is 14.3 Å². The zero-order chi connectivity index (χ0) is 21.8. The van der Waals surface area contributed by atoms with Gasteiger partial charge >= 0.3 is 0 Å². The van der Waals surface area contributed by atoms with E-state index >= 15 is 0 Å². The van der Waals surface area contributed by atoms with Crippen molar-refractivity contribution in [3.05, 3.63) is 64.8 Å². The highest BCUT2D eigenvalue weighted by Crippen LogP contribution is 2.23.